The van der Waals surface area contributed by atoms with E-state index >= 15 is 0 Å². The first kappa shape index (κ1) is 15.4. The average Bonchev–Trinajstić information content (AvgIpc) is 2.45. The molecule has 1 nitrogen and oxygen atoms in total. The van der Waals surface area contributed by atoms with E-state index < -0.39 is 11.7 Å². The van der Waals surface area contributed by atoms with Crippen LogP contribution in [-0.2, 0) is 6.18 Å². The number of hydrogen-bond acceptors (Lipinski definition) is 1. The summed E-state index contributed by atoms with van der Waals surface area (Å²) in [6, 6.07) is 5.85. The van der Waals surface area contributed by atoms with Gasteiger partial charge in [0.05, 0.1) is 5.56 Å². The predicted molar refractivity (Wildman–Crippen MR) is 74.7 cm³/mol. The fourth-order valence-corrected chi connectivity index (χ4v) is 3.26. The van der Waals surface area contributed by atoms with E-state index in [4.69, 9.17) is 0 Å². The summed E-state index contributed by atoms with van der Waals surface area (Å²) in [4.78, 5) is 0. The predicted octanol–water partition coefficient (Wildman–Crippen LogP) is 4.59. The zero-order valence-corrected chi connectivity index (χ0v) is 11.8. The number of rotatable bonds is 4. The zero-order valence-electron chi connectivity index (χ0n) is 11.8. The molecule has 1 saturated carbocycles. The number of benzene rings is 1. The van der Waals surface area contributed by atoms with Crippen molar-refractivity contribution in [3.8, 4) is 0 Å². The van der Waals surface area contributed by atoms with E-state index in [0.29, 0.717) is 5.92 Å². The van der Waals surface area contributed by atoms with Crippen molar-refractivity contribution < 1.29 is 13.2 Å². The second-order valence-corrected chi connectivity index (χ2v) is 5.69. The van der Waals surface area contributed by atoms with Gasteiger partial charge in [0, 0.05) is 6.54 Å². The summed E-state index contributed by atoms with van der Waals surface area (Å²) in [7, 11) is 1.86. The molecule has 1 aliphatic carbocycles. The van der Waals surface area contributed by atoms with Gasteiger partial charge in [-0.25, -0.2) is 0 Å². The standard InChI is InChI=1S/C16H22F3N/c1-20-11-15(12-6-3-2-4-7-12)13-8-5-9-14(10-13)16(17,18)19/h5,8-10,12,15,20H,2-4,6-7,11H2,1H3. The van der Waals surface area contributed by atoms with Crippen molar-refractivity contribution in [2.24, 2.45) is 5.92 Å². The minimum atomic E-state index is -4.26. The summed E-state index contributed by atoms with van der Waals surface area (Å²) in [5.41, 5.74) is 0.285. The van der Waals surface area contributed by atoms with Crippen LogP contribution >= 0.6 is 0 Å². The highest BCUT2D eigenvalue weighted by Gasteiger charge is 2.32. The molecule has 112 valence electrons. The first-order chi connectivity index (χ1) is 9.52. The molecule has 0 radical (unpaired) electrons. The highest BCUT2D eigenvalue weighted by molar-refractivity contribution is 5.29. The molecular formula is C16H22F3N. The Morgan fingerprint density at radius 3 is 2.50 bits per heavy atom. The number of likely N-dealkylation sites (N-methyl/N-ethyl adjacent to an activating group) is 1. The van der Waals surface area contributed by atoms with Crippen LogP contribution in [0.2, 0.25) is 0 Å². The molecular weight excluding hydrogens is 263 g/mol. The normalized spacial score (nSPS) is 19.0. The fraction of sp³-hybridized carbons (Fsp3) is 0.625. The van der Waals surface area contributed by atoms with E-state index in [9.17, 15) is 13.2 Å². The summed E-state index contributed by atoms with van der Waals surface area (Å²) in [6.45, 7) is 0.742. The van der Waals surface area contributed by atoms with Gasteiger partial charge < -0.3 is 5.32 Å². The molecule has 1 aromatic rings. The van der Waals surface area contributed by atoms with E-state index in [2.05, 4.69) is 5.32 Å². The highest BCUT2D eigenvalue weighted by Crippen LogP contribution is 2.37. The molecule has 1 atom stereocenters. The van der Waals surface area contributed by atoms with Gasteiger partial charge in [-0.05, 0) is 43.4 Å². The van der Waals surface area contributed by atoms with Crippen molar-refractivity contribution in [2.75, 3.05) is 13.6 Å². The molecule has 0 saturated heterocycles. The Bertz CT molecular complexity index is 422. The van der Waals surface area contributed by atoms with Crippen LogP contribution in [0.25, 0.3) is 0 Å². The van der Waals surface area contributed by atoms with Crippen LogP contribution < -0.4 is 5.32 Å². The van der Waals surface area contributed by atoms with Gasteiger partial charge in [0.25, 0.3) is 0 Å². The molecule has 2 rings (SSSR count). The number of alkyl halides is 3. The Morgan fingerprint density at radius 1 is 1.20 bits per heavy atom. The van der Waals surface area contributed by atoms with Crippen molar-refractivity contribution in [1.82, 2.24) is 5.32 Å². The molecule has 0 spiro atoms. The van der Waals surface area contributed by atoms with Crippen LogP contribution in [0.15, 0.2) is 24.3 Å². The van der Waals surface area contributed by atoms with E-state index in [1.54, 1.807) is 0 Å². The quantitative estimate of drug-likeness (QED) is 0.853. The smallest absolute Gasteiger partial charge is 0.319 e. The largest absolute Gasteiger partial charge is 0.416 e. The van der Waals surface area contributed by atoms with Gasteiger partial charge in [0.2, 0.25) is 0 Å². The van der Waals surface area contributed by atoms with Crippen LogP contribution in [0.5, 0.6) is 0 Å². The van der Waals surface area contributed by atoms with Crippen molar-refractivity contribution in [3.63, 3.8) is 0 Å². The maximum Gasteiger partial charge on any atom is 0.416 e. The van der Waals surface area contributed by atoms with Crippen LogP contribution in [0.4, 0.5) is 13.2 Å². The molecule has 1 aliphatic rings. The first-order valence-electron chi connectivity index (χ1n) is 7.34. The maximum absolute atomic E-state index is 12.8. The van der Waals surface area contributed by atoms with Crippen LogP contribution in [-0.4, -0.2) is 13.6 Å². The van der Waals surface area contributed by atoms with Crippen LogP contribution in [0, 0.1) is 5.92 Å². The third-order valence-electron chi connectivity index (χ3n) is 4.29. The van der Waals surface area contributed by atoms with Crippen molar-refractivity contribution >= 4 is 0 Å². The molecule has 4 heteroatoms. The van der Waals surface area contributed by atoms with Gasteiger partial charge in [0.1, 0.15) is 0 Å². The summed E-state index contributed by atoms with van der Waals surface area (Å²) in [5, 5.41) is 3.14. The van der Waals surface area contributed by atoms with E-state index in [0.717, 1.165) is 31.0 Å². The minimum absolute atomic E-state index is 0.183. The SMILES string of the molecule is CNCC(c1cccc(C(F)(F)F)c1)C1CCCCC1. The monoisotopic (exact) mass is 285 g/mol. The lowest BCUT2D eigenvalue weighted by atomic mass is 9.76. The fourth-order valence-electron chi connectivity index (χ4n) is 3.26. The second kappa shape index (κ2) is 6.61. The van der Waals surface area contributed by atoms with Gasteiger partial charge in [-0.1, -0.05) is 37.5 Å². The van der Waals surface area contributed by atoms with Crippen molar-refractivity contribution in [3.05, 3.63) is 35.4 Å². The first-order valence-corrected chi connectivity index (χ1v) is 7.34. The number of hydrogen-bond donors (Lipinski definition) is 1. The van der Waals surface area contributed by atoms with E-state index in [1.165, 1.54) is 31.4 Å². The Labute approximate surface area is 118 Å². The van der Waals surface area contributed by atoms with Crippen LogP contribution in [0.3, 0.4) is 0 Å². The maximum atomic E-state index is 12.8. The van der Waals surface area contributed by atoms with Gasteiger partial charge in [-0.3, -0.25) is 0 Å². The molecule has 1 unspecified atom stereocenters. The molecule has 0 heterocycles. The topological polar surface area (TPSA) is 12.0 Å². The summed E-state index contributed by atoms with van der Waals surface area (Å²) < 4.78 is 38.5. The Hall–Kier alpha value is -1.03. The molecule has 1 aromatic carbocycles. The number of halogens is 3. The second-order valence-electron chi connectivity index (χ2n) is 5.69. The summed E-state index contributed by atoms with van der Waals surface area (Å²) in [5.74, 6) is 0.683. The molecule has 0 bridgehead atoms. The minimum Gasteiger partial charge on any atom is -0.319 e. The lowest BCUT2D eigenvalue weighted by molar-refractivity contribution is -0.137. The lowest BCUT2D eigenvalue weighted by Gasteiger charge is -2.31. The average molecular weight is 285 g/mol. The molecule has 0 aliphatic heterocycles. The lowest BCUT2D eigenvalue weighted by Crippen LogP contribution is -2.26. The van der Waals surface area contributed by atoms with E-state index in [1.807, 2.05) is 13.1 Å². The molecule has 20 heavy (non-hydrogen) atoms. The molecule has 0 amide bonds. The molecule has 1 fully saturated rings. The molecule has 1 N–H and O–H groups in total. The van der Waals surface area contributed by atoms with Gasteiger partial charge in [-0.15, -0.1) is 0 Å². The Balaban J connectivity index is 2.24. The zero-order chi connectivity index (χ0) is 14.6. The van der Waals surface area contributed by atoms with Crippen molar-refractivity contribution in [2.45, 2.75) is 44.2 Å². The number of nitrogens with one attached hydrogen (secondary N) is 1. The summed E-state index contributed by atoms with van der Waals surface area (Å²) in [6.07, 6.45) is 1.65. The molecule has 0 aromatic heterocycles. The van der Waals surface area contributed by atoms with Gasteiger partial charge in [-0.2, -0.15) is 13.2 Å². The highest BCUT2D eigenvalue weighted by atomic mass is 19.4. The van der Waals surface area contributed by atoms with Crippen LogP contribution in [0.1, 0.15) is 49.1 Å². The van der Waals surface area contributed by atoms with Gasteiger partial charge in [0.15, 0.2) is 0 Å². The van der Waals surface area contributed by atoms with Crippen molar-refractivity contribution in [1.29, 1.82) is 0 Å². The van der Waals surface area contributed by atoms with Gasteiger partial charge >= 0.3 is 6.18 Å². The third-order valence-corrected chi connectivity index (χ3v) is 4.29. The van der Waals surface area contributed by atoms with E-state index in [-0.39, 0.29) is 5.92 Å². The summed E-state index contributed by atoms with van der Waals surface area (Å²) >= 11 is 0. The Morgan fingerprint density at radius 2 is 1.90 bits per heavy atom. The third kappa shape index (κ3) is 3.75. The Kier molecular flexibility index (Phi) is 5.08.